The van der Waals surface area contributed by atoms with Crippen molar-refractivity contribution in [2.45, 2.75) is 25.3 Å². The summed E-state index contributed by atoms with van der Waals surface area (Å²) >= 11 is 0. The van der Waals surface area contributed by atoms with Crippen LogP contribution in [-0.4, -0.2) is 37.7 Å². The van der Waals surface area contributed by atoms with Crippen molar-refractivity contribution in [3.63, 3.8) is 0 Å². The van der Waals surface area contributed by atoms with Crippen molar-refractivity contribution in [1.29, 1.82) is 0 Å². The summed E-state index contributed by atoms with van der Waals surface area (Å²) in [4.78, 5) is 11.0. The first-order valence-electron chi connectivity index (χ1n) is 6.78. The van der Waals surface area contributed by atoms with Crippen LogP contribution < -0.4 is 0 Å². The average Bonchev–Trinajstić information content (AvgIpc) is 2.86. The van der Waals surface area contributed by atoms with Crippen LogP contribution in [0.15, 0.2) is 30.9 Å². The van der Waals surface area contributed by atoms with E-state index in [4.69, 9.17) is 0 Å². The third kappa shape index (κ3) is 2.98. The lowest BCUT2D eigenvalue weighted by Gasteiger charge is -2.30. The lowest BCUT2D eigenvalue weighted by atomic mass is 9.94. The van der Waals surface area contributed by atoms with Gasteiger partial charge in [0.1, 0.15) is 0 Å². The molecule has 100 valence electrons. The molecule has 0 N–H and O–H groups in total. The summed E-state index contributed by atoms with van der Waals surface area (Å²) in [6.45, 7) is 3.17. The van der Waals surface area contributed by atoms with E-state index in [9.17, 15) is 0 Å². The Hall–Kier alpha value is -1.75. The summed E-state index contributed by atoms with van der Waals surface area (Å²) in [5, 5.41) is 4.43. The van der Waals surface area contributed by atoms with Crippen LogP contribution in [-0.2, 0) is 13.6 Å². The van der Waals surface area contributed by atoms with Crippen molar-refractivity contribution in [2.75, 3.05) is 13.1 Å². The van der Waals surface area contributed by atoms with Crippen molar-refractivity contribution >= 4 is 0 Å². The van der Waals surface area contributed by atoms with E-state index < -0.39 is 0 Å². The molecule has 3 heterocycles. The molecule has 5 heteroatoms. The van der Waals surface area contributed by atoms with Gasteiger partial charge in [-0.25, -0.2) is 0 Å². The first-order chi connectivity index (χ1) is 9.31. The lowest BCUT2D eigenvalue weighted by molar-refractivity contribution is 0.200. The summed E-state index contributed by atoms with van der Waals surface area (Å²) in [6.07, 6.45) is 9.74. The summed E-state index contributed by atoms with van der Waals surface area (Å²) in [7, 11) is 1.96. The van der Waals surface area contributed by atoms with E-state index in [0.717, 1.165) is 43.9 Å². The van der Waals surface area contributed by atoms with Gasteiger partial charge in [-0.05, 0) is 32.0 Å². The van der Waals surface area contributed by atoms with Crippen LogP contribution in [0.25, 0.3) is 0 Å². The van der Waals surface area contributed by atoms with E-state index in [0.29, 0.717) is 5.92 Å². The third-order valence-electron chi connectivity index (χ3n) is 3.74. The molecular formula is C14H19N5. The number of aromatic nitrogens is 4. The molecule has 0 spiro atoms. The van der Waals surface area contributed by atoms with Gasteiger partial charge in [0.05, 0.1) is 11.4 Å². The van der Waals surface area contributed by atoms with Crippen LogP contribution in [0.5, 0.6) is 0 Å². The fourth-order valence-corrected chi connectivity index (χ4v) is 2.68. The molecule has 1 aliphatic rings. The summed E-state index contributed by atoms with van der Waals surface area (Å²) in [5.74, 6) is 0.564. The fourth-order valence-electron chi connectivity index (χ4n) is 2.68. The Kier molecular flexibility index (Phi) is 3.55. The maximum Gasteiger partial charge on any atom is 0.0764 e. The monoisotopic (exact) mass is 257 g/mol. The topological polar surface area (TPSA) is 46.8 Å². The first-order valence-corrected chi connectivity index (χ1v) is 6.78. The Morgan fingerprint density at radius 2 is 2.11 bits per heavy atom. The fraction of sp³-hybridized carbons (Fsp3) is 0.500. The molecule has 0 aromatic carbocycles. The number of rotatable bonds is 3. The predicted octanol–water partition coefficient (Wildman–Crippen LogP) is 1.59. The first kappa shape index (κ1) is 12.3. The zero-order valence-electron chi connectivity index (χ0n) is 11.2. The molecule has 2 aromatic rings. The van der Waals surface area contributed by atoms with Crippen LogP contribution in [0.1, 0.15) is 30.1 Å². The van der Waals surface area contributed by atoms with Gasteiger partial charge in [-0.3, -0.25) is 19.5 Å². The minimum absolute atomic E-state index is 0.564. The maximum atomic E-state index is 4.43. The molecule has 0 atom stereocenters. The van der Waals surface area contributed by atoms with Gasteiger partial charge in [0.2, 0.25) is 0 Å². The number of piperidine rings is 1. The van der Waals surface area contributed by atoms with Gasteiger partial charge in [-0.2, -0.15) is 5.10 Å². The minimum Gasteiger partial charge on any atom is -0.297 e. The second-order valence-corrected chi connectivity index (χ2v) is 5.16. The van der Waals surface area contributed by atoms with Crippen molar-refractivity contribution in [2.24, 2.45) is 7.05 Å². The van der Waals surface area contributed by atoms with Crippen molar-refractivity contribution in [1.82, 2.24) is 24.6 Å². The zero-order chi connectivity index (χ0) is 13.1. The Labute approximate surface area is 113 Å². The smallest absolute Gasteiger partial charge is 0.0764 e. The van der Waals surface area contributed by atoms with Crippen molar-refractivity contribution < 1.29 is 0 Å². The van der Waals surface area contributed by atoms with Crippen LogP contribution >= 0.6 is 0 Å². The van der Waals surface area contributed by atoms with Crippen LogP contribution in [0.3, 0.4) is 0 Å². The number of aryl methyl sites for hydroxylation is 1. The van der Waals surface area contributed by atoms with E-state index in [1.807, 2.05) is 24.1 Å². The number of nitrogens with zero attached hydrogens (tertiary/aromatic N) is 5. The van der Waals surface area contributed by atoms with E-state index in [-0.39, 0.29) is 0 Å². The molecule has 0 aliphatic carbocycles. The number of hydrogen-bond donors (Lipinski definition) is 0. The molecule has 3 rings (SSSR count). The number of likely N-dealkylation sites (tertiary alicyclic amines) is 1. The Bertz CT molecular complexity index is 514. The average molecular weight is 257 g/mol. The lowest BCUT2D eigenvalue weighted by Crippen LogP contribution is -2.32. The SMILES string of the molecule is Cn1ccc(CN2CCC(c3cnccn3)CC2)n1. The van der Waals surface area contributed by atoms with E-state index in [2.05, 4.69) is 26.0 Å². The van der Waals surface area contributed by atoms with Crippen LogP contribution in [0, 0.1) is 0 Å². The number of hydrogen-bond acceptors (Lipinski definition) is 4. The molecule has 1 saturated heterocycles. The Balaban J connectivity index is 1.55. The van der Waals surface area contributed by atoms with Gasteiger partial charge in [0, 0.05) is 44.3 Å². The van der Waals surface area contributed by atoms with Gasteiger partial charge < -0.3 is 0 Å². The molecule has 19 heavy (non-hydrogen) atoms. The highest BCUT2D eigenvalue weighted by Crippen LogP contribution is 2.26. The second-order valence-electron chi connectivity index (χ2n) is 5.16. The summed E-state index contributed by atoms with van der Waals surface area (Å²) in [5.41, 5.74) is 2.29. The highest BCUT2D eigenvalue weighted by atomic mass is 15.3. The molecule has 2 aromatic heterocycles. The molecule has 5 nitrogen and oxygen atoms in total. The molecule has 1 aliphatic heterocycles. The quantitative estimate of drug-likeness (QED) is 0.837. The van der Waals surface area contributed by atoms with E-state index in [1.165, 1.54) is 0 Å². The normalized spacial score (nSPS) is 17.7. The summed E-state index contributed by atoms with van der Waals surface area (Å²) < 4.78 is 1.86. The van der Waals surface area contributed by atoms with E-state index >= 15 is 0 Å². The zero-order valence-corrected chi connectivity index (χ0v) is 11.2. The molecule has 0 saturated carbocycles. The van der Waals surface area contributed by atoms with E-state index in [1.54, 1.807) is 12.4 Å². The molecule has 1 fully saturated rings. The standard InChI is InChI=1S/C14H19N5/c1-18-7-4-13(17-18)11-19-8-2-12(3-9-19)14-10-15-5-6-16-14/h4-7,10,12H,2-3,8-9,11H2,1H3. The van der Waals surface area contributed by atoms with Gasteiger partial charge >= 0.3 is 0 Å². The van der Waals surface area contributed by atoms with Gasteiger partial charge in [-0.15, -0.1) is 0 Å². The van der Waals surface area contributed by atoms with Gasteiger partial charge in [-0.1, -0.05) is 0 Å². The molecule has 0 bridgehead atoms. The predicted molar refractivity (Wildman–Crippen MR) is 72.5 cm³/mol. The molecular weight excluding hydrogens is 238 g/mol. The van der Waals surface area contributed by atoms with Crippen LogP contribution in [0.4, 0.5) is 0 Å². The third-order valence-corrected chi connectivity index (χ3v) is 3.74. The molecule has 0 amide bonds. The van der Waals surface area contributed by atoms with Crippen molar-refractivity contribution in [3.05, 3.63) is 42.2 Å². The Morgan fingerprint density at radius 3 is 2.74 bits per heavy atom. The Morgan fingerprint density at radius 1 is 1.26 bits per heavy atom. The van der Waals surface area contributed by atoms with Gasteiger partial charge in [0.15, 0.2) is 0 Å². The van der Waals surface area contributed by atoms with Crippen molar-refractivity contribution in [3.8, 4) is 0 Å². The highest BCUT2D eigenvalue weighted by molar-refractivity contribution is 5.05. The van der Waals surface area contributed by atoms with Gasteiger partial charge in [0.25, 0.3) is 0 Å². The maximum absolute atomic E-state index is 4.43. The molecule has 0 unspecified atom stereocenters. The molecule has 0 radical (unpaired) electrons. The van der Waals surface area contributed by atoms with Crippen LogP contribution in [0.2, 0.25) is 0 Å². The minimum atomic E-state index is 0.564. The second kappa shape index (κ2) is 5.48. The highest BCUT2D eigenvalue weighted by Gasteiger charge is 2.21. The summed E-state index contributed by atoms with van der Waals surface area (Å²) in [6, 6.07) is 2.09. The largest absolute Gasteiger partial charge is 0.297 e.